The second kappa shape index (κ2) is 4.61. The molecule has 0 aliphatic carbocycles. The van der Waals surface area contributed by atoms with E-state index >= 15 is 0 Å². The summed E-state index contributed by atoms with van der Waals surface area (Å²) in [5.41, 5.74) is 12.8. The normalized spacial score (nSPS) is 12.1. The number of nitriles is 1. The zero-order valence-corrected chi connectivity index (χ0v) is 7.40. The maximum absolute atomic E-state index is 8.80. The lowest BCUT2D eigenvalue weighted by Gasteiger charge is -2.11. The summed E-state index contributed by atoms with van der Waals surface area (Å²) in [6.07, 6.45) is 0.707. The first-order valence-corrected chi connectivity index (χ1v) is 4.24. The zero-order chi connectivity index (χ0) is 9.68. The standard InChI is InChI=1S/C10H13N3/c11-6-5-10(13)9-4-2-1-3-8(9)7-12/h1-4,10H,5-6,11,13H2/t10-/m1/s1. The quantitative estimate of drug-likeness (QED) is 0.716. The topological polar surface area (TPSA) is 75.8 Å². The molecule has 0 unspecified atom stereocenters. The highest BCUT2D eigenvalue weighted by Crippen LogP contribution is 2.17. The highest BCUT2D eigenvalue weighted by molar-refractivity contribution is 5.39. The molecule has 3 nitrogen and oxygen atoms in total. The van der Waals surface area contributed by atoms with Gasteiger partial charge in [-0.15, -0.1) is 0 Å². The minimum absolute atomic E-state index is 0.124. The van der Waals surface area contributed by atoms with Crippen LogP contribution in [0.2, 0.25) is 0 Å². The van der Waals surface area contributed by atoms with Crippen LogP contribution in [0.5, 0.6) is 0 Å². The van der Waals surface area contributed by atoms with Gasteiger partial charge in [-0.3, -0.25) is 0 Å². The van der Waals surface area contributed by atoms with Gasteiger partial charge in [-0.25, -0.2) is 0 Å². The van der Waals surface area contributed by atoms with Crippen LogP contribution in [0.15, 0.2) is 24.3 Å². The Bertz CT molecular complexity index is 314. The number of rotatable bonds is 3. The molecule has 1 atom stereocenters. The Morgan fingerprint density at radius 3 is 2.69 bits per heavy atom. The van der Waals surface area contributed by atoms with Gasteiger partial charge in [0.2, 0.25) is 0 Å². The van der Waals surface area contributed by atoms with E-state index < -0.39 is 0 Å². The highest BCUT2D eigenvalue weighted by atomic mass is 14.7. The molecule has 4 N–H and O–H groups in total. The molecule has 0 bridgehead atoms. The van der Waals surface area contributed by atoms with Crippen LogP contribution in [-0.2, 0) is 0 Å². The molecule has 0 aliphatic rings. The van der Waals surface area contributed by atoms with E-state index in [1.165, 1.54) is 0 Å². The van der Waals surface area contributed by atoms with E-state index in [0.29, 0.717) is 18.5 Å². The summed E-state index contributed by atoms with van der Waals surface area (Å²) in [7, 11) is 0. The highest BCUT2D eigenvalue weighted by Gasteiger charge is 2.08. The summed E-state index contributed by atoms with van der Waals surface area (Å²) in [6.45, 7) is 0.543. The van der Waals surface area contributed by atoms with E-state index in [1.54, 1.807) is 6.07 Å². The summed E-state index contributed by atoms with van der Waals surface area (Å²) in [4.78, 5) is 0. The Labute approximate surface area is 78.0 Å². The minimum Gasteiger partial charge on any atom is -0.330 e. The Kier molecular flexibility index (Phi) is 3.44. The van der Waals surface area contributed by atoms with Gasteiger partial charge in [0.25, 0.3) is 0 Å². The molecule has 1 aromatic carbocycles. The minimum atomic E-state index is -0.124. The van der Waals surface area contributed by atoms with E-state index in [-0.39, 0.29) is 6.04 Å². The number of benzene rings is 1. The van der Waals surface area contributed by atoms with Crippen LogP contribution < -0.4 is 11.5 Å². The number of nitrogens with zero attached hydrogens (tertiary/aromatic N) is 1. The van der Waals surface area contributed by atoms with E-state index in [2.05, 4.69) is 6.07 Å². The smallest absolute Gasteiger partial charge is 0.0995 e. The molecule has 0 heterocycles. The fourth-order valence-electron chi connectivity index (χ4n) is 1.26. The predicted octanol–water partition coefficient (Wildman–Crippen LogP) is 0.907. The Morgan fingerprint density at radius 2 is 2.08 bits per heavy atom. The third-order valence-corrected chi connectivity index (χ3v) is 1.96. The van der Waals surface area contributed by atoms with Crippen LogP contribution in [0.25, 0.3) is 0 Å². The summed E-state index contributed by atoms with van der Waals surface area (Å²) in [5, 5.41) is 8.80. The van der Waals surface area contributed by atoms with Crippen LogP contribution in [0.3, 0.4) is 0 Å². The second-order valence-electron chi connectivity index (χ2n) is 2.88. The molecule has 0 amide bonds. The van der Waals surface area contributed by atoms with Gasteiger partial charge in [-0.1, -0.05) is 18.2 Å². The molecule has 0 aromatic heterocycles. The summed E-state index contributed by atoms with van der Waals surface area (Å²) < 4.78 is 0. The van der Waals surface area contributed by atoms with Crippen LogP contribution in [-0.4, -0.2) is 6.54 Å². The van der Waals surface area contributed by atoms with Gasteiger partial charge in [0.05, 0.1) is 11.6 Å². The monoisotopic (exact) mass is 175 g/mol. The molecule has 13 heavy (non-hydrogen) atoms. The molecule has 0 fully saturated rings. The summed E-state index contributed by atoms with van der Waals surface area (Å²) in [5.74, 6) is 0. The van der Waals surface area contributed by atoms with Gasteiger partial charge >= 0.3 is 0 Å². The number of nitrogens with two attached hydrogens (primary N) is 2. The number of hydrogen-bond donors (Lipinski definition) is 2. The van der Waals surface area contributed by atoms with Gasteiger partial charge in [0.1, 0.15) is 0 Å². The molecule has 0 spiro atoms. The fourth-order valence-corrected chi connectivity index (χ4v) is 1.26. The van der Waals surface area contributed by atoms with E-state index in [9.17, 15) is 0 Å². The van der Waals surface area contributed by atoms with Crippen molar-refractivity contribution in [1.29, 1.82) is 5.26 Å². The zero-order valence-electron chi connectivity index (χ0n) is 7.40. The molecule has 1 rings (SSSR count). The maximum atomic E-state index is 8.80. The second-order valence-corrected chi connectivity index (χ2v) is 2.88. The predicted molar refractivity (Wildman–Crippen MR) is 51.8 cm³/mol. The fraction of sp³-hybridized carbons (Fsp3) is 0.300. The van der Waals surface area contributed by atoms with E-state index in [0.717, 1.165) is 5.56 Å². The van der Waals surface area contributed by atoms with Crippen molar-refractivity contribution in [1.82, 2.24) is 0 Å². The first-order valence-electron chi connectivity index (χ1n) is 4.24. The number of hydrogen-bond acceptors (Lipinski definition) is 3. The lowest BCUT2D eigenvalue weighted by molar-refractivity contribution is 0.660. The summed E-state index contributed by atoms with van der Waals surface area (Å²) >= 11 is 0. The first-order chi connectivity index (χ1) is 6.29. The third-order valence-electron chi connectivity index (χ3n) is 1.96. The van der Waals surface area contributed by atoms with Crippen LogP contribution in [0.1, 0.15) is 23.6 Å². The molecule has 3 heteroatoms. The van der Waals surface area contributed by atoms with Gasteiger partial charge in [-0.2, -0.15) is 5.26 Å². The van der Waals surface area contributed by atoms with Crippen molar-refractivity contribution in [3.63, 3.8) is 0 Å². The average molecular weight is 175 g/mol. The largest absolute Gasteiger partial charge is 0.330 e. The van der Waals surface area contributed by atoms with Crippen molar-refractivity contribution in [2.75, 3.05) is 6.54 Å². The molecule has 1 aromatic rings. The average Bonchev–Trinajstić information content (AvgIpc) is 2.18. The molecule has 0 radical (unpaired) electrons. The van der Waals surface area contributed by atoms with Gasteiger partial charge < -0.3 is 11.5 Å². The van der Waals surface area contributed by atoms with Gasteiger partial charge in [0, 0.05) is 6.04 Å². The van der Waals surface area contributed by atoms with E-state index in [1.807, 2.05) is 18.2 Å². The Balaban J connectivity index is 2.93. The van der Waals surface area contributed by atoms with Crippen molar-refractivity contribution < 1.29 is 0 Å². The molecule has 68 valence electrons. The molecule has 0 saturated heterocycles. The Morgan fingerprint density at radius 1 is 1.38 bits per heavy atom. The summed E-state index contributed by atoms with van der Waals surface area (Å²) in [6, 6.07) is 9.35. The molecule has 0 aliphatic heterocycles. The SMILES string of the molecule is N#Cc1ccccc1[C@H](N)CCN. The van der Waals surface area contributed by atoms with Crippen LogP contribution in [0.4, 0.5) is 0 Å². The van der Waals surface area contributed by atoms with Gasteiger partial charge in [-0.05, 0) is 24.6 Å². The van der Waals surface area contributed by atoms with Crippen molar-refractivity contribution in [3.05, 3.63) is 35.4 Å². The lowest BCUT2D eigenvalue weighted by atomic mass is 9.99. The van der Waals surface area contributed by atoms with Crippen LogP contribution in [0, 0.1) is 11.3 Å². The van der Waals surface area contributed by atoms with Crippen molar-refractivity contribution in [2.45, 2.75) is 12.5 Å². The van der Waals surface area contributed by atoms with Gasteiger partial charge in [0.15, 0.2) is 0 Å². The third kappa shape index (κ3) is 2.28. The lowest BCUT2D eigenvalue weighted by Crippen LogP contribution is -2.16. The van der Waals surface area contributed by atoms with Crippen molar-refractivity contribution >= 4 is 0 Å². The molecule has 0 saturated carbocycles. The van der Waals surface area contributed by atoms with E-state index in [4.69, 9.17) is 16.7 Å². The Hall–Kier alpha value is -1.37. The van der Waals surface area contributed by atoms with Crippen molar-refractivity contribution in [3.8, 4) is 6.07 Å². The first kappa shape index (κ1) is 9.72. The van der Waals surface area contributed by atoms with Crippen LogP contribution >= 0.6 is 0 Å². The maximum Gasteiger partial charge on any atom is 0.0995 e. The molecular formula is C10H13N3. The van der Waals surface area contributed by atoms with Crippen molar-refractivity contribution in [2.24, 2.45) is 11.5 Å². The molecular weight excluding hydrogens is 162 g/mol.